The second-order valence-electron chi connectivity index (χ2n) is 5.60. The van der Waals surface area contributed by atoms with E-state index < -0.39 is 12.0 Å². The predicted octanol–water partition coefficient (Wildman–Crippen LogP) is 3.24. The Kier molecular flexibility index (Phi) is 6.63. The van der Waals surface area contributed by atoms with Gasteiger partial charge in [0.1, 0.15) is 11.8 Å². The van der Waals surface area contributed by atoms with Crippen molar-refractivity contribution in [2.45, 2.75) is 31.7 Å². The van der Waals surface area contributed by atoms with E-state index in [1.54, 1.807) is 0 Å². The summed E-state index contributed by atoms with van der Waals surface area (Å²) in [4.78, 5) is 10.6. The quantitative estimate of drug-likeness (QED) is 0.697. The van der Waals surface area contributed by atoms with Gasteiger partial charge in [0.25, 0.3) is 0 Å². The van der Waals surface area contributed by atoms with Crippen LogP contribution in [0.3, 0.4) is 0 Å². The van der Waals surface area contributed by atoms with Gasteiger partial charge in [0.15, 0.2) is 0 Å². The van der Waals surface area contributed by atoms with E-state index in [0.29, 0.717) is 13.0 Å². The maximum Gasteiger partial charge on any atom is 0.320 e. The number of benzene rings is 2. The molecule has 0 unspecified atom stereocenters. The number of unbranched alkanes of at least 4 members (excludes halogenated alkanes) is 1. The molecule has 23 heavy (non-hydrogen) atoms. The summed E-state index contributed by atoms with van der Waals surface area (Å²) in [5.41, 5.74) is 7.98. The number of nitrogens with two attached hydrogens (primary N) is 1. The predicted molar refractivity (Wildman–Crippen MR) is 90.6 cm³/mol. The van der Waals surface area contributed by atoms with Crippen LogP contribution < -0.4 is 10.5 Å². The summed E-state index contributed by atoms with van der Waals surface area (Å²) in [6, 6.07) is 17.7. The first-order valence-corrected chi connectivity index (χ1v) is 7.89. The van der Waals surface area contributed by atoms with Gasteiger partial charge in [0.05, 0.1) is 6.61 Å². The molecule has 4 heteroatoms. The summed E-state index contributed by atoms with van der Waals surface area (Å²) >= 11 is 0. The molecule has 1 atom stereocenters. The number of carboxylic acids is 1. The highest BCUT2D eigenvalue weighted by atomic mass is 16.5. The minimum absolute atomic E-state index is 0.481. The molecule has 2 aromatic rings. The number of ether oxygens (including phenoxy) is 1. The molecular formula is C19H23NO3. The highest BCUT2D eigenvalue weighted by molar-refractivity contribution is 5.72. The molecule has 0 bridgehead atoms. The van der Waals surface area contributed by atoms with Crippen molar-refractivity contribution in [3.8, 4) is 5.75 Å². The molecule has 0 aromatic heterocycles. The second-order valence-corrected chi connectivity index (χ2v) is 5.60. The first-order valence-electron chi connectivity index (χ1n) is 7.89. The molecule has 0 saturated heterocycles. The number of carbonyl (C=O) groups is 1. The molecule has 0 spiro atoms. The van der Waals surface area contributed by atoms with Gasteiger partial charge >= 0.3 is 5.97 Å². The van der Waals surface area contributed by atoms with E-state index in [-0.39, 0.29) is 0 Å². The standard InChI is InChI=1S/C19H23NO3/c20-18(19(21)22)8-4-5-13-23-17-11-9-16(10-12-17)14-15-6-2-1-3-7-15/h1-3,6-7,9-12,18H,4-5,8,13-14,20H2,(H,21,22)/t18-/m0/s1. The van der Waals surface area contributed by atoms with E-state index >= 15 is 0 Å². The van der Waals surface area contributed by atoms with Gasteiger partial charge in [0.2, 0.25) is 0 Å². The zero-order valence-electron chi connectivity index (χ0n) is 13.2. The monoisotopic (exact) mass is 313 g/mol. The molecule has 2 aromatic carbocycles. The molecule has 0 radical (unpaired) electrons. The van der Waals surface area contributed by atoms with E-state index in [2.05, 4.69) is 24.3 Å². The topological polar surface area (TPSA) is 72.5 Å². The fourth-order valence-corrected chi connectivity index (χ4v) is 2.31. The van der Waals surface area contributed by atoms with Crippen molar-refractivity contribution in [2.24, 2.45) is 5.73 Å². The molecule has 122 valence electrons. The largest absolute Gasteiger partial charge is 0.494 e. The molecule has 0 fully saturated rings. The van der Waals surface area contributed by atoms with Crippen molar-refractivity contribution >= 4 is 5.97 Å². The minimum atomic E-state index is -0.945. The Hall–Kier alpha value is -2.33. The van der Waals surface area contributed by atoms with E-state index in [4.69, 9.17) is 15.6 Å². The summed E-state index contributed by atoms with van der Waals surface area (Å²) in [6.07, 6.45) is 2.94. The van der Waals surface area contributed by atoms with Crippen molar-refractivity contribution in [3.05, 3.63) is 65.7 Å². The summed E-state index contributed by atoms with van der Waals surface area (Å²) in [7, 11) is 0. The van der Waals surface area contributed by atoms with Crippen LogP contribution in [0.5, 0.6) is 5.75 Å². The van der Waals surface area contributed by atoms with Gasteiger partial charge in [-0.25, -0.2) is 0 Å². The third kappa shape index (κ3) is 6.12. The molecule has 0 aliphatic rings. The smallest absolute Gasteiger partial charge is 0.320 e. The lowest BCUT2D eigenvalue weighted by atomic mass is 10.1. The van der Waals surface area contributed by atoms with Crippen LogP contribution in [0.25, 0.3) is 0 Å². The highest BCUT2D eigenvalue weighted by Crippen LogP contribution is 2.15. The van der Waals surface area contributed by atoms with Crippen LogP contribution in [0.1, 0.15) is 30.4 Å². The lowest BCUT2D eigenvalue weighted by molar-refractivity contribution is -0.138. The molecule has 0 saturated carbocycles. The zero-order chi connectivity index (χ0) is 16.5. The number of aliphatic carboxylic acids is 1. The van der Waals surface area contributed by atoms with Gasteiger partial charge in [-0.1, -0.05) is 42.5 Å². The Labute approximate surface area is 136 Å². The third-order valence-corrected chi connectivity index (χ3v) is 3.67. The Morgan fingerprint density at radius 1 is 1.00 bits per heavy atom. The lowest BCUT2D eigenvalue weighted by Gasteiger charge is -2.09. The van der Waals surface area contributed by atoms with Crippen LogP contribution in [0.15, 0.2) is 54.6 Å². The Balaban J connectivity index is 1.70. The van der Waals surface area contributed by atoms with E-state index in [0.717, 1.165) is 25.0 Å². The van der Waals surface area contributed by atoms with Crippen LogP contribution in [-0.2, 0) is 11.2 Å². The molecular weight excluding hydrogens is 290 g/mol. The fourth-order valence-electron chi connectivity index (χ4n) is 2.31. The van der Waals surface area contributed by atoms with Crippen molar-refractivity contribution in [3.63, 3.8) is 0 Å². The fraction of sp³-hybridized carbons (Fsp3) is 0.316. The van der Waals surface area contributed by atoms with Crippen LogP contribution in [0.4, 0.5) is 0 Å². The molecule has 0 heterocycles. The summed E-state index contributed by atoms with van der Waals surface area (Å²) in [5.74, 6) is -0.107. The lowest BCUT2D eigenvalue weighted by Crippen LogP contribution is -2.29. The Morgan fingerprint density at radius 3 is 2.30 bits per heavy atom. The van der Waals surface area contributed by atoms with Gasteiger partial charge < -0.3 is 15.6 Å². The van der Waals surface area contributed by atoms with Crippen LogP contribution in [-0.4, -0.2) is 23.7 Å². The normalized spacial score (nSPS) is 11.9. The molecule has 0 aliphatic heterocycles. The average Bonchev–Trinajstić information content (AvgIpc) is 2.56. The van der Waals surface area contributed by atoms with Crippen LogP contribution in [0.2, 0.25) is 0 Å². The summed E-state index contributed by atoms with van der Waals surface area (Å²) < 4.78 is 5.67. The van der Waals surface area contributed by atoms with Crippen molar-refractivity contribution in [2.75, 3.05) is 6.61 Å². The SMILES string of the molecule is N[C@@H](CCCCOc1ccc(Cc2ccccc2)cc1)C(=O)O. The van der Waals surface area contributed by atoms with Gasteiger partial charge in [-0.2, -0.15) is 0 Å². The molecule has 0 amide bonds. The van der Waals surface area contributed by atoms with E-state index in [9.17, 15) is 4.79 Å². The number of carboxylic acid groups (broad SMARTS) is 1. The number of hydrogen-bond acceptors (Lipinski definition) is 3. The van der Waals surface area contributed by atoms with E-state index in [1.807, 2.05) is 30.3 Å². The van der Waals surface area contributed by atoms with Gasteiger partial charge in [-0.3, -0.25) is 4.79 Å². The average molecular weight is 313 g/mol. The van der Waals surface area contributed by atoms with Crippen LogP contribution >= 0.6 is 0 Å². The first-order chi connectivity index (χ1) is 11.1. The molecule has 3 N–H and O–H groups in total. The zero-order valence-corrected chi connectivity index (χ0v) is 13.2. The van der Waals surface area contributed by atoms with E-state index in [1.165, 1.54) is 11.1 Å². The highest BCUT2D eigenvalue weighted by Gasteiger charge is 2.09. The Morgan fingerprint density at radius 2 is 1.65 bits per heavy atom. The summed E-state index contributed by atoms with van der Waals surface area (Å²) in [5, 5.41) is 8.69. The van der Waals surface area contributed by atoms with Crippen LogP contribution in [0, 0.1) is 0 Å². The van der Waals surface area contributed by atoms with Gasteiger partial charge in [-0.15, -0.1) is 0 Å². The maximum absolute atomic E-state index is 10.6. The van der Waals surface area contributed by atoms with Gasteiger partial charge in [0, 0.05) is 0 Å². The Bertz CT molecular complexity index is 596. The number of rotatable bonds is 9. The second kappa shape index (κ2) is 8.96. The van der Waals surface area contributed by atoms with Crippen molar-refractivity contribution < 1.29 is 14.6 Å². The molecule has 0 aliphatic carbocycles. The maximum atomic E-state index is 10.6. The third-order valence-electron chi connectivity index (χ3n) is 3.67. The van der Waals surface area contributed by atoms with Crippen molar-refractivity contribution in [1.82, 2.24) is 0 Å². The molecule has 2 rings (SSSR count). The summed E-state index contributed by atoms with van der Waals surface area (Å²) in [6.45, 7) is 0.574. The number of hydrogen-bond donors (Lipinski definition) is 2. The minimum Gasteiger partial charge on any atom is -0.494 e. The first kappa shape index (κ1) is 17.0. The van der Waals surface area contributed by atoms with Crippen molar-refractivity contribution in [1.29, 1.82) is 0 Å². The molecule has 4 nitrogen and oxygen atoms in total. The van der Waals surface area contributed by atoms with Gasteiger partial charge in [-0.05, 0) is 48.9 Å².